The number of anilines is 5. The molecule has 0 aliphatic carbocycles. The number of aromatic amines is 3. The number of aliphatic hydroxyl groups excluding tert-OH is 1. The third kappa shape index (κ3) is 25.6. The molecule has 14 N–H and O–H groups in total. The van der Waals surface area contributed by atoms with Crippen molar-refractivity contribution in [2.45, 2.75) is 162 Å². The number of nitrogens with one attached hydrogen (secondary N) is 3. The van der Waals surface area contributed by atoms with Gasteiger partial charge in [0.15, 0.2) is 77.0 Å². The molecule has 6 aliphatic rings. The Morgan fingerprint density at radius 2 is 0.784 bits per heavy atom. The van der Waals surface area contributed by atoms with E-state index in [1.54, 1.807) is 6.92 Å². The first-order valence-corrected chi connectivity index (χ1v) is 56.2. The first-order chi connectivity index (χ1) is 70.4. The molecular weight excluding hydrogens is 2160 g/mol. The number of imidazole rings is 4. The fourth-order valence-corrected chi connectivity index (χ4v) is 23.4. The van der Waals surface area contributed by atoms with Crippen LogP contribution in [0.2, 0.25) is 0 Å². The Balaban J connectivity index is 0.683. The van der Waals surface area contributed by atoms with Crippen LogP contribution in [0.3, 0.4) is 0 Å². The number of hydrogen-bond donors (Lipinski definition) is 9. The lowest BCUT2D eigenvalue weighted by atomic mass is 10.1. The Hall–Kier alpha value is -8.35. The lowest BCUT2D eigenvalue weighted by molar-refractivity contribution is -0.241. The van der Waals surface area contributed by atoms with Gasteiger partial charge in [0.2, 0.25) is 11.9 Å². The Kier molecular flexibility index (Phi) is 35.9. The molecule has 6 fully saturated rings. The highest BCUT2D eigenvalue weighted by molar-refractivity contribution is 8.32. The van der Waals surface area contributed by atoms with E-state index in [9.17, 15) is 43.4 Å². The van der Waals surface area contributed by atoms with E-state index in [1.165, 1.54) is 61.6 Å². The average Bonchev–Trinajstić information content (AvgIpc) is 1.60. The number of methoxy groups -OCH3 is 4. The van der Waals surface area contributed by atoms with Crippen LogP contribution in [0.5, 0.6) is 0 Å². The molecule has 10 unspecified atom stereocenters. The summed E-state index contributed by atoms with van der Waals surface area (Å²) >= 11 is 16.0. The van der Waals surface area contributed by atoms with Gasteiger partial charge in [-0.1, -0.05) is 23.6 Å². The minimum Gasteiger partial charge on any atom is -0.780 e. The van der Waals surface area contributed by atoms with Gasteiger partial charge in [0.05, 0.1) is 130 Å². The van der Waals surface area contributed by atoms with Crippen molar-refractivity contribution in [3.8, 4) is 0 Å². The van der Waals surface area contributed by atoms with Crippen molar-refractivity contribution in [1.29, 1.82) is 0 Å². The highest BCUT2D eigenvalue weighted by atomic mass is 32.7. The van der Waals surface area contributed by atoms with Gasteiger partial charge in [0.25, 0.3) is 40.1 Å². The Bertz CT molecular complexity index is 7040. The van der Waals surface area contributed by atoms with Crippen molar-refractivity contribution in [2.24, 2.45) is 0 Å². The van der Waals surface area contributed by atoms with Crippen LogP contribution in [0.4, 0.5) is 29.4 Å². The van der Waals surface area contributed by atoms with E-state index >= 15 is 28.4 Å². The first-order valence-electron chi connectivity index (χ1n) is 44.1. The van der Waals surface area contributed by atoms with Crippen LogP contribution in [0, 0.1) is 13.8 Å². The molecule has 0 aromatic carbocycles. The molecule has 10 aromatic heterocycles. The Morgan fingerprint density at radius 3 is 1.23 bits per heavy atom. The fraction of sp³-hybridized carbons (Fsp3) is 0.616. The summed E-state index contributed by atoms with van der Waals surface area (Å²) in [6, 6.07) is 0. The van der Waals surface area contributed by atoms with Gasteiger partial charge in [-0.25, -0.2) is 49.5 Å². The van der Waals surface area contributed by atoms with E-state index in [0.717, 1.165) is 58.6 Å². The molecule has 0 amide bonds. The third-order valence-corrected chi connectivity index (χ3v) is 31.2. The molecule has 16 heterocycles. The van der Waals surface area contributed by atoms with E-state index in [-0.39, 0.29) is 113 Å². The number of ether oxygens (including phenoxy) is 14. The number of aromatic nitrogens is 20. The second kappa shape index (κ2) is 47.3. The highest BCUT2D eigenvalue weighted by Gasteiger charge is 2.57. The van der Waals surface area contributed by atoms with E-state index in [0.29, 0.717) is 5.56 Å². The molecule has 814 valence electrons. The number of nitrogens with zero attached hydrogens (tertiary/aromatic N) is 17. The van der Waals surface area contributed by atoms with Crippen molar-refractivity contribution in [2.75, 3.05) is 157 Å². The van der Waals surface area contributed by atoms with E-state index in [2.05, 4.69) is 69.8 Å². The normalized spacial score (nSPS) is 28.9. The molecule has 6 saturated heterocycles. The van der Waals surface area contributed by atoms with Crippen LogP contribution in [0.15, 0.2) is 74.3 Å². The maximum atomic E-state index is 15.3. The van der Waals surface area contributed by atoms with Gasteiger partial charge < -0.3 is 191 Å². The van der Waals surface area contributed by atoms with Crippen LogP contribution in [-0.2, 0) is 175 Å². The number of H-pyrrole nitrogens is 3. The van der Waals surface area contributed by atoms with Crippen LogP contribution in [-0.4, -0.2) is 328 Å². The first kappa shape index (κ1) is 112. The summed E-state index contributed by atoms with van der Waals surface area (Å²) in [5.41, 5.74) is 24.9. The number of nitrogens with two attached hydrogens (primary N) is 5. The monoisotopic (exact) mass is 2260 g/mol. The van der Waals surface area contributed by atoms with E-state index in [1.807, 2.05) is 0 Å². The number of rotatable bonds is 51. The predicted molar refractivity (Wildman–Crippen MR) is 497 cm³/mol. The topological polar surface area (TPSA) is 878 Å². The summed E-state index contributed by atoms with van der Waals surface area (Å²) in [6.45, 7) is -20.6. The second-order valence-corrected chi connectivity index (χ2v) is 45.4. The summed E-state index contributed by atoms with van der Waals surface area (Å²) in [5, 5.41) is 10.8. The molecule has 16 rings (SSSR count). The Labute approximate surface area is 846 Å². The van der Waals surface area contributed by atoms with Gasteiger partial charge >= 0.3 is 11.4 Å². The molecule has 6 aliphatic heterocycles. The number of hydrogen-bond acceptors (Lipinski definition) is 60. The number of aliphatic hydroxyl groups is 1. The number of phosphoric acid groups is 3. The zero-order valence-electron chi connectivity index (χ0n) is 78.3. The Morgan fingerprint density at radius 1 is 0.405 bits per heavy atom. The molecular formula is C73H97N25O41P6S3-6. The van der Waals surface area contributed by atoms with Crippen LogP contribution in [0.25, 0.3) is 44.7 Å². The molecule has 0 spiro atoms. The SMILES string of the molecule is COCCOC1[C@@H](OP(=O)([O-])OC[C@H]2O[C@@H](n3cnc4c(N)ncnc43)C[C@H]2OP(=O)([S-])OC[C@H]2O[C@@H](n3cc(C)c(N)nc3=O)C[C@H]2OP([O-])(=S)OC)[C@@H](COP(=O)([O-])O[C@@H]2C(OCCOC)[C@H](n3cnc4c(N)ncnc43)O[C@@H]2COP(=O)([O-])O[C@@H]2C(OCCOC)[C@H](n3cnc4c(=O)[nH]c(N)nc43)O[C@@H]2COP([O-])(=S)O[C@@H]2C(OCCOC)[C@H](n3cnc4c(=O)[nH]c(N)nc43)O[C@@H]2CO)O[C@H]1n1cc(C)c(=O)[nH]c1=O. The van der Waals surface area contributed by atoms with Crippen LogP contribution < -0.4 is 81.2 Å². The highest BCUT2D eigenvalue weighted by Crippen LogP contribution is 2.57. The van der Waals surface area contributed by atoms with E-state index in [4.69, 9.17) is 185 Å². The number of nitrogen functional groups attached to an aromatic ring is 5. The lowest BCUT2D eigenvalue weighted by Crippen LogP contribution is -2.42. The molecule has 0 bridgehead atoms. The maximum absolute atomic E-state index is 15.3. The summed E-state index contributed by atoms with van der Waals surface area (Å²) < 4.78 is 220. The summed E-state index contributed by atoms with van der Waals surface area (Å²) in [4.78, 5) is 193. The minimum absolute atomic E-state index is 0.0577. The van der Waals surface area contributed by atoms with Gasteiger partial charge in [-0.05, 0) is 13.8 Å². The molecule has 75 heteroatoms. The van der Waals surface area contributed by atoms with Gasteiger partial charge in [-0.2, -0.15) is 15.0 Å². The summed E-state index contributed by atoms with van der Waals surface area (Å²) in [6.07, 6.45) is -29.9. The zero-order chi connectivity index (χ0) is 106. The minimum atomic E-state index is -6.27. The van der Waals surface area contributed by atoms with Gasteiger partial charge in [-0.15, -0.1) is 0 Å². The molecule has 0 radical (unpaired) electrons. The van der Waals surface area contributed by atoms with Gasteiger partial charge in [-0.3, -0.25) is 75.0 Å². The summed E-state index contributed by atoms with van der Waals surface area (Å²) in [7, 11) is -12.4. The summed E-state index contributed by atoms with van der Waals surface area (Å²) in [5.74, 6) is -1.12. The fourth-order valence-electron chi connectivity index (χ4n) is 16.7. The van der Waals surface area contributed by atoms with Crippen LogP contribution >= 0.6 is 43.7 Å². The van der Waals surface area contributed by atoms with Crippen molar-refractivity contribution < 1.29 is 168 Å². The second-order valence-electron chi connectivity index (χ2n) is 33.1. The van der Waals surface area contributed by atoms with E-state index < -0.39 is 279 Å². The quantitative estimate of drug-likeness (QED) is 0.00978. The average molecular weight is 2260 g/mol. The maximum Gasteiger partial charge on any atom is 0.351 e. The van der Waals surface area contributed by atoms with Gasteiger partial charge in [0.1, 0.15) is 141 Å². The smallest absolute Gasteiger partial charge is 0.351 e. The van der Waals surface area contributed by atoms with Crippen molar-refractivity contribution in [1.82, 2.24) is 97.2 Å². The molecule has 0 saturated carbocycles. The van der Waals surface area contributed by atoms with Crippen molar-refractivity contribution in [3.05, 3.63) is 114 Å². The van der Waals surface area contributed by atoms with Crippen molar-refractivity contribution in [3.63, 3.8) is 0 Å². The van der Waals surface area contributed by atoms with Crippen LogP contribution in [0.1, 0.15) is 61.3 Å². The molecule has 66 nitrogen and oxygen atoms in total. The largest absolute Gasteiger partial charge is 0.780 e. The van der Waals surface area contributed by atoms with Crippen molar-refractivity contribution >= 4 is 154 Å². The standard InChI is InChI=1S/C73H103N25O41P6S3/c1-32-18-93(72(103)87-56(32)74)42-16-34(134-143(111,146)118-7)38(128-42)22-126-144(112,147)135-35-17-43(95-28-83-44-57(75)79-26-81-59(44)95)129-37(35)21-123-140(105,106)136-49-39(131-66(53(49)120-13-9-115-4)94-19-33(2)63(100)92-73(94)104)23-124-141(107,108)137-50-40(132-67(54(50)121-14-10-116-5)96-29-84-45-58(76)80-27-82-60(45)96)24-125-142(109,110)138-51-41(133-69(55(51)122-15-11-117-6)98-31-86-47-62(98)89-71(78)91-65(47)102)25-127-145(113,148)139-48-36(20-99)130-68(52(48)119-12-8-114-3)97-30-85-46-61(97)88-70(77)90-64(46)101/h18-19,26-31,34-43,48-55,66-69,99H,8-17,20-25H2,1-7H3,(H,105,106)(H,107,108)(H,109,110)(H,111,146)(H,112,147)(H,113,148)(H2,74,87,103)(H2,75,79,81)(H2,76,80,82)(H,92,100,104)(H3,77,88,90,101)(H3,78,89,91,102)/p-6/t34-,35-,36-,37-,38-,39-,40-,41-,42-,43-,48+,49+,50+,51+,52?,53?,54?,55?,66-,67-,68-,69-,143?,144?,145?/m1/s1. The molecule has 28 atom stereocenters. The molecule has 10 aromatic rings. The zero-order valence-corrected chi connectivity index (χ0v) is 86.1. The lowest BCUT2D eigenvalue weighted by Gasteiger charge is -2.36. The van der Waals surface area contributed by atoms with Gasteiger partial charge in [0, 0.05) is 71.9 Å². The number of fused-ring (bicyclic) bond motifs is 4. The molecule has 148 heavy (non-hydrogen) atoms. The third-order valence-electron chi connectivity index (χ3n) is 23.5. The number of phosphoric ester groups is 3. The predicted octanol–water partition coefficient (Wildman–Crippen LogP) is -5.18. The number of aryl methyl sites for hydroxylation is 2.